The maximum Gasteiger partial charge on any atom is 0.189 e. The van der Waals surface area contributed by atoms with E-state index in [1.54, 1.807) is 7.11 Å². The van der Waals surface area contributed by atoms with Crippen molar-refractivity contribution in [1.29, 1.82) is 0 Å². The molecule has 0 unspecified atom stereocenters. The second-order valence-corrected chi connectivity index (χ2v) is 3.77. The Morgan fingerprint density at radius 2 is 2.21 bits per heavy atom. The molecule has 3 nitrogen and oxygen atoms in total. The van der Waals surface area contributed by atoms with Crippen LogP contribution in [-0.4, -0.2) is 37.7 Å². The molecule has 2 heterocycles. The minimum absolute atomic E-state index is 0.646. The quantitative estimate of drug-likeness (QED) is 0.712. The molecule has 2 rings (SSSR count). The molecular formula is C11H18N2O. The lowest BCUT2D eigenvalue weighted by Gasteiger charge is -2.37. The summed E-state index contributed by atoms with van der Waals surface area (Å²) < 4.78 is 5.37. The highest BCUT2D eigenvalue weighted by Gasteiger charge is 2.23. The Labute approximate surface area is 85.4 Å². The Morgan fingerprint density at radius 1 is 1.43 bits per heavy atom. The minimum Gasteiger partial charge on any atom is -0.482 e. The van der Waals surface area contributed by atoms with Gasteiger partial charge in [-0.05, 0) is 32.0 Å². The van der Waals surface area contributed by atoms with Gasteiger partial charge in [0.1, 0.15) is 0 Å². The van der Waals surface area contributed by atoms with Crippen LogP contribution in [0.25, 0.3) is 0 Å². The molecule has 78 valence electrons. The molecule has 1 N–H and O–H groups in total. The van der Waals surface area contributed by atoms with Crippen molar-refractivity contribution in [2.24, 2.45) is 0 Å². The van der Waals surface area contributed by atoms with Crippen LogP contribution in [0.5, 0.6) is 0 Å². The standard InChI is InChI=1S/C11H18N2O/c1-14-11-4-2-3-9-13(11)10-5-7-12-8-6-10/h2-4,10,12H,5-9H2,1H3. The van der Waals surface area contributed by atoms with Gasteiger partial charge in [0, 0.05) is 12.6 Å². The van der Waals surface area contributed by atoms with Gasteiger partial charge in [-0.1, -0.05) is 12.2 Å². The van der Waals surface area contributed by atoms with Crippen LogP contribution in [0.4, 0.5) is 0 Å². The largest absolute Gasteiger partial charge is 0.482 e. The second-order valence-electron chi connectivity index (χ2n) is 3.77. The van der Waals surface area contributed by atoms with Gasteiger partial charge in [0.15, 0.2) is 5.88 Å². The van der Waals surface area contributed by atoms with Crippen molar-refractivity contribution >= 4 is 0 Å². The fourth-order valence-electron chi connectivity index (χ4n) is 2.14. The molecule has 0 aromatic carbocycles. The van der Waals surface area contributed by atoms with Crippen molar-refractivity contribution < 1.29 is 4.74 Å². The van der Waals surface area contributed by atoms with Gasteiger partial charge < -0.3 is 15.0 Å². The smallest absolute Gasteiger partial charge is 0.189 e. The third kappa shape index (κ3) is 1.93. The molecule has 2 aliphatic rings. The van der Waals surface area contributed by atoms with E-state index in [2.05, 4.69) is 22.4 Å². The predicted molar refractivity (Wildman–Crippen MR) is 56.8 cm³/mol. The summed E-state index contributed by atoms with van der Waals surface area (Å²) in [4.78, 5) is 2.36. The number of nitrogens with zero attached hydrogens (tertiary/aromatic N) is 1. The van der Waals surface area contributed by atoms with E-state index < -0.39 is 0 Å². The molecule has 0 amide bonds. The average Bonchev–Trinajstić information content (AvgIpc) is 2.30. The minimum atomic E-state index is 0.646. The summed E-state index contributed by atoms with van der Waals surface area (Å²) in [7, 11) is 1.75. The van der Waals surface area contributed by atoms with Crippen LogP contribution >= 0.6 is 0 Å². The lowest BCUT2D eigenvalue weighted by molar-refractivity contribution is 0.109. The van der Waals surface area contributed by atoms with Gasteiger partial charge in [-0.2, -0.15) is 0 Å². The van der Waals surface area contributed by atoms with E-state index in [4.69, 9.17) is 4.74 Å². The van der Waals surface area contributed by atoms with Gasteiger partial charge in [-0.3, -0.25) is 0 Å². The van der Waals surface area contributed by atoms with E-state index in [1.807, 2.05) is 6.08 Å². The summed E-state index contributed by atoms with van der Waals surface area (Å²) in [6.07, 6.45) is 8.73. The van der Waals surface area contributed by atoms with Gasteiger partial charge >= 0.3 is 0 Å². The van der Waals surface area contributed by atoms with Crippen molar-refractivity contribution in [3.8, 4) is 0 Å². The molecule has 14 heavy (non-hydrogen) atoms. The zero-order valence-corrected chi connectivity index (χ0v) is 8.70. The molecule has 0 aromatic heterocycles. The van der Waals surface area contributed by atoms with Crippen LogP contribution in [-0.2, 0) is 4.74 Å². The average molecular weight is 194 g/mol. The number of ether oxygens (including phenoxy) is 1. The lowest BCUT2D eigenvalue weighted by Crippen LogP contribution is -2.43. The van der Waals surface area contributed by atoms with Crippen molar-refractivity contribution in [2.75, 3.05) is 26.7 Å². The first-order valence-corrected chi connectivity index (χ1v) is 5.30. The monoisotopic (exact) mass is 194 g/mol. The van der Waals surface area contributed by atoms with Crippen molar-refractivity contribution in [3.05, 3.63) is 24.1 Å². The van der Waals surface area contributed by atoms with Crippen LogP contribution in [0.2, 0.25) is 0 Å². The zero-order chi connectivity index (χ0) is 9.80. The number of rotatable bonds is 2. The molecule has 0 atom stereocenters. The molecule has 1 fully saturated rings. The molecule has 0 saturated carbocycles. The maximum atomic E-state index is 5.37. The molecule has 1 saturated heterocycles. The first-order valence-electron chi connectivity index (χ1n) is 5.30. The normalized spacial score (nSPS) is 23.5. The Morgan fingerprint density at radius 3 is 2.93 bits per heavy atom. The SMILES string of the molecule is COC1=CC=CCN1C1CCNCC1. The van der Waals surface area contributed by atoms with Gasteiger partial charge in [0.25, 0.3) is 0 Å². The fraction of sp³-hybridized carbons (Fsp3) is 0.636. The summed E-state index contributed by atoms with van der Waals surface area (Å²) in [5.41, 5.74) is 0. The number of hydrogen-bond donors (Lipinski definition) is 1. The van der Waals surface area contributed by atoms with Crippen LogP contribution in [0.1, 0.15) is 12.8 Å². The highest BCUT2D eigenvalue weighted by atomic mass is 16.5. The summed E-state index contributed by atoms with van der Waals surface area (Å²) in [6.45, 7) is 3.24. The number of hydrogen-bond acceptors (Lipinski definition) is 3. The molecule has 3 heteroatoms. The van der Waals surface area contributed by atoms with Gasteiger partial charge in [0.05, 0.1) is 7.11 Å². The molecule has 0 aliphatic carbocycles. The molecular weight excluding hydrogens is 176 g/mol. The first-order chi connectivity index (χ1) is 6.92. The fourth-order valence-corrected chi connectivity index (χ4v) is 2.14. The van der Waals surface area contributed by atoms with Gasteiger partial charge in [-0.15, -0.1) is 0 Å². The Hall–Kier alpha value is -0.960. The number of methoxy groups -OCH3 is 1. The van der Waals surface area contributed by atoms with Gasteiger partial charge in [0.2, 0.25) is 0 Å². The summed E-state index contributed by atoms with van der Waals surface area (Å²) in [5, 5.41) is 3.38. The molecule has 0 radical (unpaired) electrons. The third-order valence-electron chi connectivity index (χ3n) is 2.92. The summed E-state index contributed by atoms with van der Waals surface area (Å²) in [5.74, 6) is 1.01. The van der Waals surface area contributed by atoms with E-state index >= 15 is 0 Å². The lowest BCUT2D eigenvalue weighted by atomic mass is 10.0. The van der Waals surface area contributed by atoms with E-state index in [0.29, 0.717) is 6.04 Å². The predicted octanol–water partition coefficient (Wildman–Crippen LogP) is 1.10. The zero-order valence-electron chi connectivity index (χ0n) is 8.70. The van der Waals surface area contributed by atoms with E-state index in [1.165, 1.54) is 12.8 Å². The summed E-state index contributed by atoms with van der Waals surface area (Å²) >= 11 is 0. The Balaban J connectivity index is 2.01. The van der Waals surface area contributed by atoms with E-state index in [-0.39, 0.29) is 0 Å². The van der Waals surface area contributed by atoms with E-state index in [0.717, 1.165) is 25.5 Å². The van der Waals surface area contributed by atoms with Gasteiger partial charge in [-0.25, -0.2) is 0 Å². The Kier molecular flexibility index (Phi) is 3.09. The van der Waals surface area contributed by atoms with Crippen LogP contribution in [0.3, 0.4) is 0 Å². The number of allylic oxidation sites excluding steroid dienone is 2. The summed E-state index contributed by atoms with van der Waals surface area (Å²) in [6, 6.07) is 0.646. The topological polar surface area (TPSA) is 24.5 Å². The maximum absolute atomic E-state index is 5.37. The van der Waals surface area contributed by atoms with Crippen LogP contribution in [0, 0.1) is 0 Å². The molecule has 0 spiro atoms. The van der Waals surface area contributed by atoms with Crippen molar-refractivity contribution in [1.82, 2.24) is 10.2 Å². The Bertz CT molecular complexity index is 242. The third-order valence-corrected chi connectivity index (χ3v) is 2.92. The highest BCUT2D eigenvalue weighted by molar-refractivity contribution is 5.14. The van der Waals surface area contributed by atoms with Crippen LogP contribution in [0.15, 0.2) is 24.1 Å². The van der Waals surface area contributed by atoms with E-state index in [9.17, 15) is 0 Å². The number of nitrogens with one attached hydrogen (secondary N) is 1. The van der Waals surface area contributed by atoms with Crippen molar-refractivity contribution in [2.45, 2.75) is 18.9 Å². The van der Waals surface area contributed by atoms with Crippen LogP contribution < -0.4 is 5.32 Å². The molecule has 0 aromatic rings. The second kappa shape index (κ2) is 4.51. The first kappa shape index (κ1) is 9.59. The number of piperidine rings is 1. The molecule has 2 aliphatic heterocycles. The highest BCUT2D eigenvalue weighted by Crippen LogP contribution is 2.20. The van der Waals surface area contributed by atoms with Crippen molar-refractivity contribution in [3.63, 3.8) is 0 Å². The molecule has 0 bridgehead atoms.